The molecule has 2 aliphatic rings. The van der Waals surface area contributed by atoms with Crippen LogP contribution in [0, 0.1) is 0 Å². The van der Waals surface area contributed by atoms with Crippen LogP contribution in [-0.4, -0.2) is 30.1 Å². The number of hydrogen-bond acceptors (Lipinski definition) is 5. The first-order valence-electron chi connectivity index (χ1n) is 10.9. The van der Waals surface area contributed by atoms with Gasteiger partial charge in [-0.15, -0.1) is 0 Å². The van der Waals surface area contributed by atoms with Gasteiger partial charge in [-0.2, -0.15) is 0 Å². The molecule has 0 fully saturated rings. The molecule has 1 atom stereocenters. The van der Waals surface area contributed by atoms with Gasteiger partial charge in [-0.25, -0.2) is 0 Å². The lowest BCUT2D eigenvalue weighted by molar-refractivity contribution is -0.140. The first-order chi connectivity index (χ1) is 16.4. The monoisotopic (exact) mass is 519 g/mol. The molecule has 0 bridgehead atoms. The third-order valence-corrected chi connectivity index (χ3v) is 6.54. The predicted molar refractivity (Wildman–Crippen MR) is 132 cm³/mol. The van der Waals surface area contributed by atoms with E-state index < -0.39 is 11.5 Å². The van der Waals surface area contributed by atoms with Crippen LogP contribution >= 0.6 is 15.9 Å². The van der Waals surface area contributed by atoms with Gasteiger partial charge in [0.2, 0.25) is 6.79 Å². The van der Waals surface area contributed by atoms with Crippen molar-refractivity contribution in [2.75, 3.05) is 18.2 Å². The molecule has 1 amide bonds. The second kappa shape index (κ2) is 9.08. The summed E-state index contributed by atoms with van der Waals surface area (Å²) in [5, 5.41) is 11.5. The van der Waals surface area contributed by atoms with Gasteiger partial charge in [0.25, 0.3) is 5.91 Å². The maximum absolute atomic E-state index is 13.4. The number of carbonyl (C=O) groups excluding carboxylic acids is 2. The Morgan fingerprint density at radius 2 is 1.85 bits per heavy atom. The maximum Gasteiger partial charge on any atom is 0.264 e. The van der Waals surface area contributed by atoms with Gasteiger partial charge in [0.1, 0.15) is 0 Å². The number of carbonyl (C=O) groups is 2. The van der Waals surface area contributed by atoms with Crippen LogP contribution in [-0.2, 0) is 21.6 Å². The van der Waals surface area contributed by atoms with E-state index in [1.54, 1.807) is 35.2 Å². The molecule has 7 heteroatoms. The number of ether oxygens (including phenoxy) is 2. The highest BCUT2D eigenvalue weighted by Crippen LogP contribution is 2.44. The van der Waals surface area contributed by atoms with E-state index in [-0.39, 0.29) is 19.0 Å². The number of halogens is 1. The summed E-state index contributed by atoms with van der Waals surface area (Å²) in [5.74, 6) is 0.435. The van der Waals surface area contributed by atoms with Crippen molar-refractivity contribution < 1.29 is 24.2 Å². The quantitative estimate of drug-likeness (QED) is 0.460. The lowest BCUT2D eigenvalue weighted by atomic mass is 9.89. The lowest BCUT2D eigenvalue weighted by Gasteiger charge is -2.22. The van der Waals surface area contributed by atoms with Crippen LogP contribution < -0.4 is 14.4 Å². The summed E-state index contributed by atoms with van der Waals surface area (Å²) in [6.07, 6.45) is 3.31. The van der Waals surface area contributed by atoms with E-state index >= 15 is 0 Å². The van der Waals surface area contributed by atoms with Crippen molar-refractivity contribution in [3.63, 3.8) is 0 Å². The van der Waals surface area contributed by atoms with E-state index in [1.165, 1.54) is 6.08 Å². The average molecular weight is 520 g/mol. The number of nitrogens with zero attached hydrogens (tertiary/aromatic N) is 1. The van der Waals surface area contributed by atoms with Crippen LogP contribution in [0.1, 0.15) is 23.1 Å². The number of anilines is 1. The summed E-state index contributed by atoms with van der Waals surface area (Å²) in [5.41, 5.74) is 0.984. The van der Waals surface area contributed by atoms with Crippen molar-refractivity contribution in [2.24, 2.45) is 0 Å². The molecule has 3 aromatic rings. The van der Waals surface area contributed by atoms with Gasteiger partial charge in [0, 0.05) is 16.6 Å². The van der Waals surface area contributed by atoms with Crippen molar-refractivity contribution in [1.29, 1.82) is 0 Å². The van der Waals surface area contributed by atoms with Gasteiger partial charge < -0.3 is 19.5 Å². The fraction of sp³-hybridized carbons (Fsp3) is 0.185. The second-order valence-electron chi connectivity index (χ2n) is 8.30. The molecule has 0 spiro atoms. The van der Waals surface area contributed by atoms with Crippen molar-refractivity contribution in [2.45, 2.75) is 18.4 Å². The van der Waals surface area contributed by atoms with Crippen LogP contribution in [0.3, 0.4) is 0 Å². The van der Waals surface area contributed by atoms with Crippen LogP contribution in [0.15, 0.2) is 77.3 Å². The number of allylic oxidation sites excluding steroid dienone is 1. The van der Waals surface area contributed by atoms with Crippen LogP contribution in [0.4, 0.5) is 5.69 Å². The molecule has 0 saturated heterocycles. The van der Waals surface area contributed by atoms with E-state index in [4.69, 9.17) is 9.47 Å². The van der Waals surface area contributed by atoms with E-state index in [9.17, 15) is 14.7 Å². The predicted octanol–water partition coefficient (Wildman–Crippen LogP) is 4.63. The van der Waals surface area contributed by atoms with Crippen molar-refractivity contribution >= 4 is 39.4 Å². The van der Waals surface area contributed by atoms with Gasteiger partial charge in [0.15, 0.2) is 22.9 Å². The number of aliphatic hydroxyl groups is 1. The van der Waals surface area contributed by atoms with Crippen LogP contribution in [0.25, 0.3) is 6.08 Å². The highest BCUT2D eigenvalue weighted by atomic mass is 79.9. The van der Waals surface area contributed by atoms with Gasteiger partial charge in [0.05, 0.1) is 12.1 Å². The number of amides is 1. The highest BCUT2D eigenvalue weighted by molar-refractivity contribution is 9.10. The molecule has 3 aromatic carbocycles. The summed E-state index contributed by atoms with van der Waals surface area (Å²) >= 11 is 3.42. The zero-order valence-corrected chi connectivity index (χ0v) is 19.8. The summed E-state index contributed by atoms with van der Waals surface area (Å²) in [7, 11) is 0. The number of hydrogen-bond donors (Lipinski definition) is 1. The number of rotatable bonds is 7. The van der Waals surface area contributed by atoms with Crippen molar-refractivity contribution in [3.05, 3.63) is 94.0 Å². The molecule has 1 N–H and O–H groups in total. The minimum atomic E-state index is -1.92. The number of fused-ring (bicyclic) bond motifs is 2. The Morgan fingerprint density at radius 3 is 2.68 bits per heavy atom. The summed E-state index contributed by atoms with van der Waals surface area (Å²) in [4.78, 5) is 27.8. The highest BCUT2D eigenvalue weighted by Gasteiger charge is 2.50. The van der Waals surface area contributed by atoms with E-state index in [1.807, 2.05) is 42.5 Å². The fourth-order valence-electron chi connectivity index (χ4n) is 4.32. The average Bonchev–Trinajstić information content (AvgIpc) is 3.38. The number of ketones is 1. The standard InChI is InChI=1S/C27H22BrNO5/c28-20-8-10-23-22(15-20)27(32,26(31)29(23)13-12-18-4-2-1-3-5-18)16-21(30)9-6-19-7-11-24-25(14-19)34-17-33-24/h1-11,14-15,32H,12-13,16-17H2/b9-6+/t27-/m0/s1. The molecule has 5 rings (SSSR count). The maximum atomic E-state index is 13.4. The minimum Gasteiger partial charge on any atom is -0.454 e. The lowest BCUT2D eigenvalue weighted by Crippen LogP contribution is -2.42. The Balaban J connectivity index is 1.36. The van der Waals surface area contributed by atoms with E-state index in [2.05, 4.69) is 15.9 Å². The molecule has 2 aliphatic heterocycles. The first-order valence-corrected chi connectivity index (χ1v) is 11.7. The van der Waals surface area contributed by atoms with Gasteiger partial charge in [-0.05, 0) is 54.0 Å². The zero-order valence-electron chi connectivity index (χ0n) is 18.2. The Hall–Kier alpha value is -3.42. The second-order valence-corrected chi connectivity index (χ2v) is 9.22. The van der Waals surface area contributed by atoms with Crippen LogP contribution in [0.5, 0.6) is 11.5 Å². The topological polar surface area (TPSA) is 76.1 Å². The Labute approximate surface area is 205 Å². The fourth-order valence-corrected chi connectivity index (χ4v) is 4.68. The first kappa shape index (κ1) is 22.4. The number of benzene rings is 3. The third-order valence-electron chi connectivity index (χ3n) is 6.05. The smallest absolute Gasteiger partial charge is 0.264 e. The largest absolute Gasteiger partial charge is 0.454 e. The molecule has 0 unspecified atom stereocenters. The van der Waals surface area contributed by atoms with Gasteiger partial charge >= 0.3 is 0 Å². The summed E-state index contributed by atoms with van der Waals surface area (Å²) in [6.45, 7) is 0.577. The molecule has 0 aliphatic carbocycles. The normalized spacial score (nSPS) is 18.5. The molecule has 0 aromatic heterocycles. The Morgan fingerprint density at radius 1 is 1.06 bits per heavy atom. The Bertz CT molecular complexity index is 1290. The van der Waals surface area contributed by atoms with Crippen molar-refractivity contribution in [3.8, 4) is 11.5 Å². The van der Waals surface area contributed by atoms with Crippen molar-refractivity contribution in [1.82, 2.24) is 0 Å². The Kier molecular flexibility index (Phi) is 5.98. The SMILES string of the molecule is O=C(/C=C/c1ccc2c(c1)OCO2)C[C@@]1(O)C(=O)N(CCc2ccccc2)c2ccc(Br)cc21. The molecule has 34 heavy (non-hydrogen) atoms. The molecule has 2 heterocycles. The van der Waals surface area contributed by atoms with Gasteiger partial charge in [-0.3, -0.25) is 9.59 Å². The molecular weight excluding hydrogens is 498 g/mol. The van der Waals surface area contributed by atoms with Gasteiger partial charge in [-0.1, -0.05) is 58.4 Å². The molecule has 0 radical (unpaired) electrons. The zero-order chi connectivity index (χ0) is 23.7. The van der Waals surface area contributed by atoms with E-state index in [0.29, 0.717) is 35.7 Å². The molecule has 172 valence electrons. The summed E-state index contributed by atoms with van der Waals surface area (Å²) < 4.78 is 11.4. The van der Waals surface area contributed by atoms with E-state index in [0.717, 1.165) is 15.6 Å². The summed E-state index contributed by atoms with van der Waals surface area (Å²) in [6, 6.07) is 20.6. The molecule has 0 saturated carbocycles. The third kappa shape index (κ3) is 4.24. The molecule has 6 nitrogen and oxygen atoms in total. The molecular formula is C27H22BrNO5. The minimum absolute atomic E-state index is 0.173. The van der Waals surface area contributed by atoms with Crippen LogP contribution in [0.2, 0.25) is 0 Å².